The maximum atomic E-state index is 12.3. The predicted molar refractivity (Wildman–Crippen MR) is 119 cm³/mol. The summed E-state index contributed by atoms with van der Waals surface area (Å²) in [6, 6.07) is 3.93. The standard InChI is InChI=1S/C21H30N4O5S/c1-15-5-6-19-20(25(15)16(2)27)8-7-18(17-13-22-24(14-17)9-11-26)21(19)30-12-10-23(3)31(4,28)29/h7-8,13-15,26H,5-6,9-12H2,1-4H3/t15-/m0/s1. The van der Waals surface area contributed by atoms with Crippen molar-refractivity contribution in [3.05, 3.63) is 30.1 Å². The van der Waals surface area contributed by atoms with E-state index < -0.39 is 10.0 Å². The van der Waals surface area contributed by atoms with Gasteiger partial charge in [-0.05, 0) is 31.9 Å². The maximum Gasteiger partial charge on any atom is 0.224 e. The number of likely N-dealkylation sites (N-methyl/N-ethyl adjacent to an activating group) is 1. The first-order chi connectivity index (χ1) is 14.6. The van der Waals surface area contributed by atoms with Crippen molar-refractivity contribution in [3.63, 3.8) is 0 Å². The average molecular weight is 451 g/mol. The Morgan fingerprint density at radius 2 is 2.13 bits per heavy atom. The van der Waals surface area contributed by atoms with E-state index in [1.807, 2.05) is 25.3 Å². The van der Waals surface area contributed by atoms with Crippen molar-refractivity contribution in [1.82, 2.24) is 14.1 Å². The van der Waals surface area contributed by atoms with Gasteiger partial charge in [-0.1, -0.05) is 0 Å². The summed E-state index contributed by atoms with van der Waals surface area (Å²) in [4.78, 5) is 14.1. The van der Waals surface area contributed by atoms with E-state index in [2.05, 4.69) is 5.10 Å². The van der Waals surface area contributed by atoms with Gasteiger partial charge in [0, 0.05) is 49.4 Å². The maximum absolute atomic E-state index is 12.3. The molecular formula is C21H30N4O5S. The quantitative estimate of drug-likeness (QED) is 0.654. The van der Waals surface area contributed by atoms with Gasteiger partial charge in [-0.2, -0.15) is 5.10 Å². The molecular weight excluding hydrogens is 420 g/mol. The fraction of sp³-hybridized carbons (Fsp3) is 0.524. The van der Waals surface area contributed by atoms with Crippen LogP contribution < -0.4 is 9.64 Å². The second kappa shape index (κ2) is 9.37. The molecule has 1 amide bonds. The average Bonchev–Trinajstić information content (AvgIpc) is 3.15. The zero-order valence-corrected chi connectivity index (χ0v) is 19.2. The molecule has 10 heteroatoms. The molecule has 0 fully saturated rings. The van der Waals surface area contributed by atoms with Gasteiger partial charge in [0.1, 0.15) is 12.4 Å². The normalized spacial score (nSPS) is 16.5. The van der Waals surface area contributed by atoms with Gasteiger partial charge >= 0.3 is 0 Å². The van der Waals surface area contributed by atoms with Gasteiger partial charge in [0.05, 0.1) is 31.3 Å². The molecule has 0 radical (unpaired) electrons. The van der Waals surface area contributed by atoms with Crippen LogP contribution in [0.15, 0.2) is 24.5 Å². The lowest BCUT2D eigenvalue weighted by molar-refractivity contribution is -0.117. The minimum Gasteiger partial charge on any atom is -0.491 e. The van der Waals surface area contributed by atoms with Crippen LogP contribution in [0.1, 0.15) is 25.8 Å². The van der Waals surface area contributed by atoms with E-state index in [0.29, 0.717) is 12.3 Å². The summed E-state index contributed by atoms with van der Waals surface area (Å²) in [6.07, 6.45) is 6.25. The Bertz CT molecular complexity index is 1050. The van der Waals surface area contributed by atoms with Crippen LogP contribution >= 0.6 is 0 Å². The van der Waals surface area contributed by atoms with E-state index in [9.17, 15) is 18.3 Å². The molecule has 0 saturated carbocycles. The molecule has 3 rings (SSSR count). The Labute approximate surface area is 183 Å². The third-order valence-corrected chi connectivity index (χ3v) is 6.89. The monoisotopic (exact) mass is 450 g/mol. The number of ether oxygens (including phenoxy) is 1. The summed E-state index contributed by atoms with van der Waals surface area (Å²) in [7, 11) is -1.79. The number of rotatable bonds is 8. The number of anilines is 1. The first kappa shape index (κ1) is 23.2. The molecule has 0 saturated heterocycles. The Kier molecular flexibility index (Phi) is 7.03. The molecule has 2 heterocycles. The number of fused-ring (bicyclic) bond motifs is 1. The molecule has 170 valence electrons. The van der Waals surface area contributed by atoms with Crippen molar-refractivity contribution in [2.45, 2.75) is 39.3 Å². The molecule has 0 unspecified atom stereocenters. The smallest absolute Gasteiger partial charge is 0.224 e. The van der Waals surface area contributed by atoms with Gasteiger partial charge in [0.2, 0.25) is 15.9 Å². The van der Waals surface area contributed by atoms with E-state index in [0.717, 1.165) is 41.5 Å². The minimum atomic E-state index is -3.30. The van der Waals surface area contributed by atoms with E-state index in [-0.39, 0.29) is 31.7 Å². The van der Waals surface area contributed by atoms with Crippen LogP contribution in [0.5, 0.6) is 5.75 Å². The lowest BCUT2D eigenvalue weighted by atomic mass is 9.92. The molecule has 1 aromatic heterocycles. The summed E-state index contributed by atoms with van der Waals surface area (Å²) < 4.78 is 32.5. The van der Waals surface area contributed by atoms with Crippen LogP contribution in [0.2, 0.25) is 0 Å². The SMILES string of the molecule is CC(=O)N1c2ccc(-c3cnn(CCO)c3)c(OCCN(C)S(C)(=O)=O)c2CC[C@@H]1C. The highest BCUT2D eigenvalue weighted by Crippen LogP contribution is 2.43. The molecule has 1 N–H and O–H groups in total. The van der Waals surface area contributed by atoms with Crippen LogP contribution in [0, 0.1) is 0 Å². The number of sulfonamides is 1. The summed E-state index contributed by atoms with van der Waals surface area (Å²) in [5.41, 5.74) is 3.41. The van der Waals surface area contributed by atoms with Gasteiger partial charge in [-0.25, -0.2) is 12.7 Å². The van der Waals surface area contributed by atoms with Gasteiger partial charge in [0.15, 0.2) is 0 Å². The first-order valence-electron chi connectivity index (χ1n) is 10.3. The van der Waals surface area contributed by atoms with Crippen molar-refractivity contribution >= 4 is 21.6 Å². The number of aliphatic hydroxyl groups excluding tert-OH is 1. The number of benzene rings is 1. The van der Waals surface area contributed by atoms with Gasteiger partial charge in [0.25, 0.3) is 0 Å². The van der Waals surface area contributed by atoms with Crippen molar-refractivity contribution in [3.8, 4) is 16.9 Å². The second-order valence-electron chi connectivity index (χ2n) is 7.87. The highest BCUT2D eigenvalue weighted by molar-refractivity contribution is 7.88. The molecule has 1 atom stereocenters. The molecule has 1 aliphatic heterocycles. The number of nitrogens with zero attached hydrogens (tertiary/aromatic N) is 4. The van der Waals surface area contributed by atoms with Gasteiger partial charge < -0.3 is 14.7 Å². The Balaban J connectivity index is 2.01. The van der Waals surface area contributed by atoms with Crippen LogP contribution in [-0.4, -0.2) is 72.6 Å². The zero-order chi connectivity index (χ0) is 22.8. The molecule has 0 bridgehead atoms. The second-order valence-corrected chi connectivity index (χ2v) is 9.95. The number of aliphatic hydroxyl groups is 1. The fourth-order valence-electron chi connectivity index (χ4n) is 3.85. The molecule has 0 spiro atoms. The molecule has 2 aromatic rings. The number of carbonyl (C=O) groups excluding carboxylic acids is 1. The Hall–Kier alpha value is -2.43. The fourth-order valence-corrected chi connectivity index (χ4v) is 4.25. The molecule has 31 heavy (non-hydrogen) atoms. The van der Waals surface area contributed by atoms with Crippen LogP contribution in [0.25, 0.3) is 11.1 Å². The number of amides is 1. The van der Waals surface area contributed by atoms with Gasteiger partial charge in [-0.15, -0.1) is 0 Å². The van der Waals surface area contributed by atoms with Gasteiger partial charge in [-0.3, -0.25) is 9.48 Å². The van der Waals surface area contributed by atoms with Crippen LogP contribution in [-0.2, 0) is 27.8 Å². The highest BCUT2D eigenvalue weighted by atomic mass is 32.2. The lowest BCUT2D eigenvalue weighted by Crippen LogP contribution is -2.41. The van der Waals surface area contributed by atoms with Crippen LogP contribution in [0.4, 0.5) is 5.69 Å². The number of carbonyl (C=O) groups is 1. The van der Waals surface area contributed by atoms with Crippen molar-refractivity contribution in [1.29, 1.82) is 0 Å². The Morgan fingerprint density at radius 1 is 1.39 bits per heavy atom. The van der Waals surface area contributed by atoms with Crippen molar-refractivity contribution in [2.24, 2.45) is 0 Å². The lowest BCUT2D eigenvalue weighted by Gasteiger charge is -2.36. The molecule has 9 nitrogen and oxygen atoms in total. The third-order valence-electron chi connectivity index (χ3n) is 5.58. The minimum absolute atomic E-state index is 0.0159. The third kappa shape index (κ3) is 5.08. The predicted octanol–water partition coefficient (Wildman–Crippen LogP) is 1.50. The zero-order valence-electron chi connectivity index (χ0n) is 18.4. The van der Waals surface area contributed by atoms with E-state index in [4.69, 9.17) is 4.74 Å². The van der Waals surface area contributed by atoms with Crippen LogP contribution in [0.3, 0.4) is 0 Å². The largest absolute Gasteiger partial charge is 0.491 e. The van der Waals surface area contributed by atoms with E-state index >= 15 is 0 Å². The van der Waals surface area contributed by atoms with E-state index in [1.165, 1.54) is 11.4 Å². The highest BCUT2D eigenvalue weighted by Gasteiger charge is 2.30. The summed E-state index contributed by atoms with van der Waals surface area (Å²) >= 11 is 0. The van der Waals surface area contributed by atoms with E-state index in [1.54, 1.807) is 22.7 Å². The summed E-state index contributed by atoms with van der Waals surface area (Å²) in [6.45, 7) is 4.33. The van der Waals surface area contributed by atoms with Crippen molar-refractivity contribution < 1.29 is 23.1 Å². The summed E-state index contributed by atoms with van der Waals surface area (Å²) in [5.74, 6) is 0.612. The number of hydrogen-bond acceptors (Lipinski definition) is 6. The summed E-state index contributed by atoms with van der Waals surface area (Å²) in [5, 5.41) is 13.5. The number of hydrogen-bond donors (Lipinski definition) is 1. The van der Waals surface area contributed by atoms with Crippen molar-refractivity contribution in [2.75, 3.05) is 38.0 Å². The topological polar surface area (TPSA) is 105 Å². The molecule has 0 aliphatic carbocycles. The number of aromatic nitrogens is 2. The first-order valence-corrected chi connectivity index (χ1v) is 12.1. The Morgan fingerprint density at radius 3 is 2.77 bits per heavy atom. The molecule has 1 aromatic carbocycles. The molecule has 1 aliphatic rings.